The van der Waals surface area contributed by atoms with Gasteiger partial charge in [0.25, 0.3) is 5.91 Å². The van der Waals surface area contributed by atoms with Crippen molar-refractivity contribution in [3.8, 4) is 11.5 Å². The van der Waals surface area contributed by atoms with Crippen molar-refractivity contribution in [2.24, 2.45) is 0 Å². The second-order valence-electron chi connectivity index (χ2n) is 6.17. The maximum absolute atomic E-state index is 13.0. The number of carbonyl (C=O) groups is 1. The molecular formula is C21H26FNO3. The van der Waals surface area contributed by atoms with Crippen molar-refractivity contribution in [1.82, 2.24) is 5.32 Å². The van der Waals surface area contributed by atoms with Crippen molar-refractivity contribution >= 4 is 5.91 Å². The molecule has 2 atom stereocenters. The molecule has 1 amide bonds. The Hall–Kier alpha value is -2.56. The Bertz CT molecular complexity index is 731. The Balaban J connectivity index is 2.08. The third-order valence-electron chi connectivity index (χ3n) is 4.30. The summed E-state index contributed by atoms with van der Waals surface area (Å²) in [6.45, 7) is 5.88. The standard InChI is InChI=1S/C21H26FNO3/c1-5-18(15-7-12-20(25-4)14(3)13-15)23-21(24)19(6-2)26-17-10-8-16(22)9-11-17/h7-13,18-19H,5-6H2,1-4H3,(H,23,24)/t18-,19+/m0/s1. The van der Waals surface area contributed by atoms with Gasteiger partial charge < -0.3 is 14.8 Å². The van der Waals surface area contributed by atoms with Crippen LogP contribution in [-0.4, -0.2) is 19.1 Å². The summed E-state index contributed by atoms with van der Waals surface area (Å²) in [4.78, 5) is 12.7. The topological polar surface area (TPSA) is 47.6 Å². The van der Waals surface area contributed by atoms with Gasteiger partial charge in [0.1, 0.15) is 17.3 Å². The second-order valence-corrected chi connectivity index (χ2v) is 6.17. The lowest BCUT2D eigenvalue weighted by Gasteiger charge is -2.23. The van der Waals surface area contributed by atoms with Crippen molar-refractivity contribution < 1.29 is 18.7 Å². The van der Waals surface area contributed by atoms with Crippen molar-refractivity contribution in [3.63, 3.8) is 0 Å². The van der Waals surface area contributed by atoms with Crippen LogP contribution < -0.4 is 14.8 Å². The van der Waals surface area contributed by atoms with Crippen molar-refractivity contribution in [3.05, 3.63) is 59.4 Å². The van der Waals surface area contributed by atoms with Gasteiger partial charge in [-0.15, -0.1) is 0 Å². The number of carbonyl (C=O) groups excluding carboxylic acids is 1. The van der Waals surface area contributed by atoms with Crippen LogP contribution in [0, 0.1) is 12.7 Å². The molecule has 0 aromatic heterocycles. The highest BCUT2D eigenvalue weighted by Crippen LogP contribution is 2.24. The smallest absolute Gasteiger partial charge is 0.261 e. The average Bonchev–Trinajstić information content (AvgIpc) is 2.65. The first kappa shape index (κ1) is 19.8. The average molecular weight is 359 g/mol. The van der Waals surface area contributed by atoms with Crippen LogP contribution in [0.4, 0.5) is 4.39 Å². The lowest BCUT2D eigenvalue weighted by Crippen LogP contribution is -2.40. The zero-order valence-corrected chi connectivity index (χ0v) is 15.7. The number of amides is 1. The number of nitrogens with one attached hydrogen (secondary N) is 1. The molecule has 2 rings (SSSR count). The summed E-state index contributed by atoms with van der Waals surface area (Å²) in [5, 5.41) is 3.05. The molecule has 0 spiro atoms. The van der Waals surface area contributed by atoms with Gasteiger partial charge in [-0.1, -0.05) is 26.0 Å². The van der Waals surface area contributed by atoms with Gasteiger partial charge in [-0.05, 0) is 61.2 Å². The summed E-state index contributed by atoms with van der Waals surface area (Å²) < 4.78 is 24.0. The van der Waals surface area contributed by atoms with E-state index in [2.05, 4.69) is 5.32 Å². The summed E-state index contributed by atoms with van der Waals surface area (Å²) >= 11 is 0. The molecule has 0 aliphatic carbocycles. The van der Waals surface area contributed by atoms with Crippen LogP contribution in [0.2, 0.25) is 0 Å². The molecule has 0 bridgehead atoms. The molecule has 0 fully saturated rings. The predicted molar refractivity (Wildman–Crippen MR) is 100 cm³/mol. The molecule has 0 saturated heterocycles. The molecule has 26 heavy (non-hydrogen) atoms. The third kappa shape index (κ3) is 4.97. The monoisotopic (exact) mass is 359 g/mol. The first-order chi connectivity index (χ1) is 12.5. The summed E-state index contributed by atoms with van der Waals surface area (Å²) in [5.41, 5.74) is 2.04. The molecule has 5 heteroatoms. The fourth-order valence-corrected chi connectivity index (χ4v) is 2.80. The second kappa shape index (κ2) is 9.22. The first-order valence-electron chi connectivity index (χ1n) is 8.85. The molecule has 1 N–H and O–H groups in total. The van der Waals surface area contributed by atoms with Crippen LogP contribution in [0.5, 0.6) is 11.5 Å². The Morgan fingerprint density at radius 3 is 2.35 bits per heavy atom. The van der Waals surface area contributed by atoms with Gasteiger partial charge in [0.05, 0.1) is 13.2 Å². The number of benzene rings is 2. The molecule has 2 aromatic carbocycles. The van der Waals surface area contributed by atoms with E-state index >= 15 is 0 Å². The van der Waals surface area contributed by atoms with Gasteiger partial charge in [0.15, 0.2) is 6.10 Å². The fraction of sp³-hybridized carbons (Fsp3) is 0.381. The summed E-state index contributed by atoms with van der Waals surface area (Å²) in [7, 11) is 1.64. The molecule has 0 radical (unpaired) electrons. The number of halogens is 1. The minimum Gasteiger partial charge on any atom is -0.496 e. The van der Waals surface area contributed by atoms with Crippen LogP contribution in [0.1, 0.15) is 43.9 Å². The number of ether oxygens (including phenoxy) is 2. The molecule has 0 saturated carbocycles. The molecule has 0 aliphatic rings. The summed E-state index contributed by atoms with van der Waals surface area (Å²) in [5.74, 6) is 0.774. The van der Waals surface area contributed by atoms with E-state index in [-0.39, 0.29) is 17.8 Å². The molecule has 0 heterocycles. The third-order valence-corrected chi connectivity index (χ3v) is 4.30. The Morgan fingerprint density at radius 2 is 1.81 bits per heavy atom. The van der Waals surface area contributed by atoms with E-state index in [1.807, 2.05) is 39.0 Å². The molecule has 4 nitrogen and oxygen atoms in total. The SMILES string of the molecule is CC[C@H](NC(=O)[C@@H](CC)Oc1ccc(F)cc1)c1ccc(OC)c(C)c1. The van der Waals surface area contributed by atoms with Gasteiger partial charge >= 0.3 is 0 Å². The van der Waals surface area contributed by atoms with Crippen molar-refractivity contribution in [1.29, 1.82) is 0 Å². The quantitative estimate of drug-likeness (QED) is 0.751. The molecule has 140 valence electrons. The predicted octanol–water partition coefficient (Wildman–Crippen LogP) is 4.57. The first-order valence-corrected chi connectivity index (χ1v) is 8.85. The maximum atomic E-state index is 13.0. The molecular weight excluding hydrogens is 333 g/mol. The van der Waals surface area contributed by atoms with E-state index in [4.69, 9.17) is 9.47 Å². The zero-order chi connectivity index (χ0) is 19.1. The van der Waals surface area contributed by atoms with E-state index in [0.29, 0.717) is 12.2 Å². The zero-order valence-electron chi connectivity index (χ0n) is 15.7. The van der Waals surface area contributed by atoms with Gasteiger partial charge in [-0.25, -0.2) is 4.39 Å². The van der Waals surface area contributed by atoms with Crippen LogP contribution in [-0.2, 0) is 4.79 Å². The molecule has 2 aromatic rings. The number of hydrogen-bond acceptors (Lipinski definition) is 3. The van der Waals surface area contributed by atoms with Gasteiger partial charge in [-0.3, -0.25) is 4.79 Å². The van der Waals surface area contributed by atoms with Gasteiger partial charge in [0, 0.05) is 0 Å². The Kier molecular flexibility index (Phi) is 7.01. The van der Waals surface area contributed by atoms with Gasteiger partial charge in [0.2, 0.25) is 0 Å². The summed E-state index contributed by atoms with van der Waals surface area (Å²) in [6, 6.07) is 11.5. The highest BCUT2D eigenvalue weighted by molar-refractivity contribution is 5.81. The van der Waals surface area contributed by atoms with E-state index in [9.17, 15) is 9.18 Å². The van der Waals surface area contributed by atoms with E-state index < -0.39 is 6.10 Å². The van der Waals surface area contributed by atoms with Gasteiger partial charge in [-0.2, -0.15) is 0 Å². The highest BCUT2D eigenvalue weighted by atomic mass is 19.1. The lowest BCUT2D eigenvalue weighted by atomic mass is 10.0. The van der Waals surface area contributed by atoms with Crippen LogP contribution >= 0.6 is 0 Å². The Morgan fingerprint density at radius 1 is 1.12 bits per heavy atom. The van der Waals surface area contributed by atoms with Crippen molar-refractivity contribution in [2.75, 3.05) is 7.11 Å². The lowest BCUT2D eigenvalue weighted by molar-refractivity contribution is -0.128. The number of rotatable bonds is 8. The molecule has 0 aliphatic heterocycles. The number of methoxy groups -OCH3 is 1. The minimum atomic E-state index is -0.631. The fourth-order valence-electron chi connectivity index (χ4n) is 2.80. The van der Waals surface area contributed by atoms with Crippen molar-refractivity contribution in [2.45, 2.75) is 45.8 Å². The van der Waals surface area contributed by atoms with E-state index in [1.165, 1.54) is 24.3 Å². The molecule has 0 unspecified atom stereocenters. The largest absolute Gasteiger partial charge is 0.496 e. The van der Waals surface area contributed by atoms with E-state index in [1.54, 1.807) is 7.11 Å². The number of hydrogen-bond donors (Lipinski definition) is 1. The Labute approximate surface area is 154 Å². The number of aryl methyl sites for hydroxylation is 1. The van der Waals surface area contributed by atoms with Crippen LogP contribution in [0.25, 0.3) is 0 Å². The summed E-state index contributed by atoms with van der Waals surface area (Å²) in [6.07, 6.45) is 0.639. The van der Waals surface area contributed by atoms with Crippen LogP contribution in [0.3, 0.4) is 0 Å². The maximum Gasteiger partial charge on any atom is 0.261 e. The van der Waals surface area contributed by atoms with Crippen LogP contribution in [0.15, 0.2) is 42.5 Å². The normalized spacial score (nSPS) is 13.0. The van der Waals surface area contributed by atoms with E-state index in [0.717, 1.165) is 23.3 Å². The minimum absolute atomic E-state index is 0.113. The highest BCUT2D eigenvalue weighted by Gasteiger charge is 2.22.